The van der Waals surface area contributed by atoms with Gasteiger partial charge in [0.05, 0.1) is 18.4 Å². The molecule has 0 radical (unpaired) electrons. The van der Waals surface area contributed by atoms with Crippen molar-refractivity contribution in [3.8, 4) is 6.01 Å². The van der Waals surface area contributed by atoms with Crippen LogP contribution >= 0.6 is 0 Å². The van der Waals surface area contributed by atoms with Gasteiger partial charge >= 0.3 is 0 Å². The minimum absolute atomic E-state index is 0.109. The molecule has 1 aromatic rings. The van der Waals surface area contributed by atoms with Crippen LogP contribution in [0.25, 0.3) is 0 Å². The maximum atomic E-state index is 11.3. The number of rotatable bonds is 1. The third-order valence-corrected chi connectivity index (χ3v) is 1.87. The second-order valence-corrected chi connectivity index (χ2v) is 2.60. The minimum atomic E-state index is -0.109. The van der Waals surface area contributed by atoms with Crippen molar-refractivity contribution in [3.05, 3.63) is 21.6 Å². The molecule has 64 valence electrons. The molecular weight excluding hydrogens is 158 g/mol. The van der Waals surface area contributed by atoms with Crippen LogP contribution in [0.3, 0.4) is 0 Å². The first-order valence-corrected chi connectivity index (χ1v) is 3.68. The second-order valence-electron chi connectivity index (χ2n) is 2.60. The number of aromatic amines is 1. The highest BCUT2D eigenvalue weighted by Gasteiger charge is 2.16. The van der Waals surface area contributed by atoms with E-state index in [9.17, 15) is 4.79 Å². The smallest absolute Gasteiger partial charge is 0.296 e. The molecule has 1 aliphatic rings. The van der Waals surface area contributed by atoms with Gasteiger partial charge in [0.2, 0.25) is 0 Å². The Morgan fingerprint density at radius 3 is 3.08 bits per heavy atom. The van der Waals surface area contributed by atoms with Gasteiger partial charge in [-0.05, 0) is 0 Å². The zero-order chi connectivity index (χ0) is 8.55. The Bertz CT molecular complexity index is 358. The van der Waals surface area contributed by atoms with E-state index in [1.54, 1.807) is 0 Å². The summed E-state index contributed by atoms with van der Waals surface area (Å²) >= 11 is 0. The molecular formula is C7H9N3O2. The van der Waals surface area contributed by atoms with Crippen LogP contribution < -0.4 is 15.6 Å². The Morgan fingerprint density at radius 1 is 1.50 bits per heavy atom. The maximum Gasteiger partial charge on any atom is 0.296 e. The number of hydrogen-bond acceptors (Lipinski definition) is 4. The number of methoxy groups -OCH3 is 1. The average Bonchev–Trinajstić information content (AvgIpc) is 2.52. The molecule has 0 fully saturated rings. The summed E-state index contributed by atoms with van der Waals surface area (Å²) in [5.41, 5.74) is 1.40. The lowest BCUT2D eigenvalue weighted by Gasteiger charge is -1.99. The van der Waals surface area contributed by atoms with E-state index in [0.717, 1.165) is 11.3 Å². The Hall–Kier alpha value is -1.36. The molecule has 0 aliphatic carbocycles. The zero-order valence-electron chi connectivity index (χ0n) is 6.68. The Kier molecular flexibility index (Phi) is 1.58. The quantitative estimate of drug-likeness (QED) is 0.585. The molecule has 0 spiro atoms. The van der Waals surface area contributed by atoms with E-state index in [1.807, 2.05) is 0 Å². The van der Waals surface area contributed by atoms with Crippen molar-refractivity contribution in [2.45, 2.75) is 13.1 Å². The number of aromatic nitrogens is 2. The fourth-order valence-electron chi connectivity index (χ4n) is 1.25. The summed E-state index contributed by atoms with van der Waals surface area (Å²) in [5, 5.41) is 3.04. The Balaban J connectivity index is 2.59. The predicted molar refractivity (Wildman–Crippen MR) is 42.0 cm³/mol. The van der Waals surface area contributed by atoms with E-state index in [4.69, 9.17) is 4.74 Å². The molecule has 0 aromatic carbocycles. The van der Waals surface area contributed by atoms with Gasteiger partial charge in [-0.2, -0.15) is 0 Å². The van der Waals surface area contributed by atoms with Crippen LogP contribution in [0.1, 0.15) is 11.3 Å². The third-order valence-electron chi connectivity index (χ3n) is 1.87. The van der Waals surface area contributed by atoms with Crippen LogP contribution in [0.2, 0.25) is 0 Å². The zero-order valence-corrected chi connectivity index (χ0v) is 6.68. The van der Waals surface area contributed by atoms with E-state index in [2.05, 4.69) is 15.3 Å². The first kappa shape index (κ1) is 7.30. The van der Waals surface area contributed by atoms with Gasteiger partial charge in [-0.25, -0.2) is 4.98 Å². The highest BCUT2D eigenvalue weighted by molar-refractivity contribution is 5.22. The monoisotopic (exact) mass is 167 g/mol. The van der Waals surface area contributed by atoms with Crippen LogP contribution in [0.15, 0.2) is 4.79 Å². The second kappa shape index (κ2) is 2.60. The lowest BCUT2D eigenvalue weighted by atomic mass is 10.3. The molecule has 2 N–H and O–H groups in total. The molecule has 0 unspecified atom stereocenters. The number of hydrogen-bond donors (Lipinski definition) is 2. The van der Waals surface area contributed by atoms with Crippen molar-refractivity contribution >= 4 is 0 Å². The molecule has 0 amide bonds. The molecule has 0 saturated carbocycles. The predicted octanol–water partition coefficient (Wildman–Crippen LogP) is -0.618. The molecule has 5 heteroatoms. The number of ether oxygens (including phenoxy) is 1. The highest BCUT2D eigenvalue weighted by atomic mass is 16.5. The van der Waals surface area contributed by atoms with E-state index in [0.29, 0.717) is 13.1 Å². The summed E-state index contributed by atoms with van der Waals surface area (Å²) < 4.78 is 4.83. The Labute approximate surface area is 68.8 Å². The first-order chi connectivity index (χ1) is 5.81. The van der Waals surface area contributed by atoms with Crippen LogP contribution in [-0.4, -0.2) is 17.1 Å². The molecule has 0 atom stereocenters. The van der Waals surface area contributed by atoms with Crippen LogP contribution in [0, 0.1) is 0 Å². The van der Waals surface area contributed by atoms with Crippen molar-refractivity contribution in [3.63, 3.8) is 0 Å². The molecule has 12 heavy (non-hydrogen) atoms. The van der Waals surface area contributed by atoms with Crippen LogP contribution in [-0.2, 0) is 13.1 Å². The summed E-state index contributed by atoms with van der Waals surface area (Å²) in [6.45, 7) is 1.25. The van der Waals surface area contributed by atoms with E-state index < -0.39 is 0 Å². The van der Waals surface area contributed by atoms with Crippen molar-refractivity contribution in [1.82, 2.24) is 15.3 Å². The standard InChI is InChI=1S/C7H9N3O2/c1-12-7-9-5-3-8-2-4(5)6(11)10-7/h8H,2-3H2,1H3,(H,9,10,11). The summed E-state index contributed by atoms with van der Waals surface area (Å²) in [7, 11) is 1.48. The molecule has 1 aromatic heterocycles. The van der Waals surface area contributed by atoms with Crippen LogP contribution in [0.5, 0.6) is 6.01 Å². The SMILES string of the molecule is COc1nc2c(c(=O)[nH]1)CNC2. The van der Waals surface area contributed by atoms with Gasteiger partial charge in [0.15, 0.2) is 0 Å². The van der Waals surface area contributed by atoms with Gasteiger partial charge in [0.1, 0.15) is 0 Å². The van der Waals surface area contributed by atoms with Crippen molar-refractivity contribution in [2.24, 2.45) is 0 Å². The maximum absolute atomic E-state index is 11.3. The topological polar surface area (TPSA) is 67.0 Å². The minimum Gasteiger partial charge on any atom is -0.468 e. The van der Waals surface area contributed by atoms with E-state index in [-0.39, 0.29) is 11.6 Å². The third kappa shape index (κ3) is 0.984. The molecule has 0 saturated heterocycles. The molecule has 5 nitrogen and oxygen atoms in total. The van der Waals surface area contributed by atoms with Gasteiger partial charge in [-0.3, -0.25) is 9.78 Å². The summed E-state index contributed by atoms with van der Waals surface area (Å²) in [4.78, 5) is 17.9. The van der Waals surface area contributed by atoms with E-state index >= 15 is 0 Å². The van der Waals surface area contributed by atoms with Crippen LogP contribution in [0.4, 0.5) is 0 Å². The summed E-state index contributed by atoms with van der Waals surface area (Å²) in [5.74, 6) is 0. The molecule has 1 aliphatic heterocycles. The number of nitrogens with one attached hydrogen (secondary N) is 2. The number of fused-ring (bicyclic) bond motifs is 1. The van der Waals surface area contributed by atoms with E-state index in [1.165, 1.54) is 7.11 Å². The molecule has 0 bridgehead atoms. The van der Waals surface area contributed by atoms with Gasteiger partial charge in [-0.1, -0.05) is 0 Å². The highest BCUT2D eigenvalue weighted by Crippen LogP contribution is 2.09. The summed E-state index contributed by atoms with van der Waals surface area (Å²) in [6, 6.07) is 0.280. The van der Waals surface area contributed by atoms with Gasteiger partial charge in [0, 0.05) is 13.1 Å². The largest absolute Gasteiger partial charge is 0.468 e. The van der Waals surface area contributed by atoms with Gasteiger partial charge < -0.3 is 10.1 Å². The number of nitrogens with zero attached hydrogens (tertiary/aromatic N) is 1. The Morgan fingerprint density at radius 2 is 2.33 bits per heavy atom. The fourth-order valence-corrected chi connectivity index (χ4v) is 1.25. The lowest BCUT2D eigenvalue weighted by Crippen LogP contribution is -2.15. The van der Waals surface area contributed by atoms with Gasteiger partial charge in [0.25, 0.3) is 11.6 Å². The average molecular weight is 167 g/mol. The lowest BCUT2D eigenvalue weighted by molar-refractivity contribution is 0.376. The normalized spacial score (nSPS) is 14.4. The van der Waals surface area contributed by atoms with Crippen molar-refractivity contribution < 1.29 is 4.74 Å². The fraction of sp³-hybridized carbons (Fsp3) is 0.429. The summed E-state index contributed by atoms with van der Waals surface area (Å²) in [6.07, 6.45) is 0. The number of H-pyrrole nitrogens is 1. The molecule has 2 heterocycles. The van der Waals surface area contributed by atoms with Crippen molar-refractivity contribution in [2.75, 3.05) is 7.11 Å². The first-order valence-electron chi connectivity index (χ1n) is 3.68. The molecule has 2 rings (SSSR count). The van der Waals surface area contributed by atoms with Gasteiger partial charge in [-0.15, -0.1) is 0 Å². The van der Waals surface area contributed by atoms with Crippen molar-refractivity contribution in [1.29, 1.82) is 0 Å².